The highest BCUT2D eigenvalue weighted by atomic mass is 32.1. The lowest BCUT2D eigenvalue weighted by Crippen LogP contribution is -2.40. The van der Waals surface area contributed by atoms with E-state index >= 15 is 0 Å². The molecule has 0 spiro atoms. The molecule has 8 nitrogen and oxygen atoms in total. The number of hydrogen-bond acceptors (Lipinski definition) is 8. The van der Waals surface area contributed by atoms with E-state index in [1.807, 2.05) is 17.7 Å². The average Bonchev–Trinajstić information content (AvgIpc) is 3.35. The van der Waals surface area contributed by atoms with Gasteiger partial charge in [0.1, 0.15) is 22.2 Å². The summed E-state index contributed by atoms with van der Waals surface area (Å²) in [5.74, 6) is 2.75. The fraction of sp³-hybridized carbons (Fsp3) is 0.318. The summed E-state index contributed by atoms with van der Waals surface area (Å²) >= 11 is 1.32. The van der Waals surface area contributed by atoms with Crippen molar-refractivity contribution >= 4 is 22.3 Å². The number of nitrogens with zero attached hydrogens (tertiary/aromatic N) is 7. The Balaban J connectivity index is 1.70. The molecule has 1 atom stereocenters. The number of rotatable bonds is 4. The molecule has 0 saturated heterocycles. The Bertz CT molecular complexity index is 1290. The van der Waals surface area contributed by atoms with Gasteiger partial charge in [0.2, 0.25) is 0 Å². The summed E-state index contributed by atoms with van der Waals surface area (Å²) in [4.78, 5) is 17.2. The number of halogens is 1. The van der Waals surface area contributed by atoms with E-state index in [4.69, 9.17) is 10.7 Å². The molecule has 0 saturated carbocycles. The van der Waals surface area contributed by atoms with E-state index < -0.39 is 0 Å². The van der Waals surface area contributed by atoms with Gasteiger partial charge in [0.15, 0.2) is 22.6 Å². The molecule has 1 aliphatic rings. The van der Waals surface area contributed by atoms with Crippen LogP contribution in [0.15, 0.2) is 30.5 Å². The van der Waals surface area contributed by atoms with Gasteiger partial charge in [-0.1, -0.05) is 18.3 Å². The second-order valence-corrected chi connectivity index (χ2v) is 9.04. The molecule has 0 amide bonds. The van der Waals surface area contributed by atoms with Crippen molar-refractivity contribution in [3.63, 3.8) is 0 Å². The smallest absolute Gasteiger partial charge is 0.181 e. The van der Waals surface area contributed by atoms with Crippen molar-refractivity contribution in [1.82, 2.24) is 29.7 Å². The first kappa shape index (κ1) is 20.5. The highest BCUT2D eigenvalue weighted by Gasteiger charge is 2.36. The van der Waals surface area contributed by atoms with Crippen LogP contribution in [0.2, 0.25) is 0 Å². The number of fused-ring (bicyclic) bond motifs is 3. The molecule has 0 fully saturated rings. The third-order valence-corrected chi connectivity index (χ3v) is 6.51. The molecule has 5 rings (SSSR count). The minimum Gasteiger partial charge on any atom is -0.375 e. The van der Waals surface area contributed by atoms with E-state index in [2.05, 4.69) is 45.8 Å². The van der Waals surface area contributed by atoms with Crippen LogP contribution in [0.1, 0.15) is 44.9 Å². The number of hydrogen-bond donors (Lipinski definition) is 1. The summed E-state index contributed by atoms with van der Waals surface area (Å²) in [6, 6.07) is 6.43. The van der Waals surface area contributed by atoms with Crippen LogP contribution in [-0.4, -0.2) is 35.8 Å². The van der Waals surface area contributed by atoms with Crippen LogP contribution in [0.3, 0.4) is 0 Å². The molecular weight excluding hydrogens is 427 g/mol. The van der Waals surface area contributed by atoms with Gasteiger partial charge >= 0.3 is 0 Å². The van der Waals surface area contributed by atoms with Crippen molar-refractivity contribution in [1.29, 1.82) is 0 Å². The first-order valence-corrected chi connectivity index (χ1v) is 11.3. The molecule has 4 heterocycles. The van der Waals surface area contributed by atoms with Crippen molar-refractivity contribution in [2.24, 2.45) is 0 Å². The van der Waals surface area contributed by atoms with Crippen molar-refractivity contribution in [2.75, 3.05) is 10.6 Å². The Kier molecular flexibility index (Phi) is 4.89. The maximum absolute atomic E-state index is 13.5. The average molecular weight is 451 g/mol. The Labute approximate surface area is 189 Å². The number of nitrogens with two attached hydrogens (primary N) is 1. The lowest BCUT2D eigenvalue weighted by Gasteiger charge is -2.39. The fourth-order valence-electron chi connectivity index (χ4n) is 4.26. The number of aryl methyl sites for hydroxylation is 1. The lowest BCUT2D eigenvalue weighted by molar-refractivity contribution is 0.496. The molecule has 32 heavy (non-hydrogen) atoms. The Hall–Kier alpha value is -3.40. The fourth-order valence-corrected chi connectivity index (χ4v) is 5.06. The normalized spacial score (nSPS) is 15.2. The minimum absolute atomic E-state index is 0.0505. The van der Waals surface area contributed by atoms with Crippen molar-refractivity contribution in [3.05, 3.63) is 47.9 Å². The molecule has 2 N–H and O–H groups in total. The third-order valence-electron chi connectivity index (χ3n) is 5.63. The van der Waals surface area contributed by atoms with Gasteiger partial charge in [-0.25, -0.2) is 19.3 Å². The Morgan fingerprint density at radius 3 is 2.59 bits per heavy atom. The summed E-state index contributed by atoms with van der Waals surface area (Å²) in [5, 5.41) is 9.16. The molecular formula is C22H23FN8S. The molecule has 1 aliphatic heterocycles. The van der Waals surface area contributed by atoms with Gasteiger partial charge in [-0.2, -0.15) is 0 Å². The monoisotopic (exact) mass is 450 g/mol. The molecule has 1 aromatic carbocycles. The van der Waals surface area contributed by atoms with Crippen LogP contribution in [0.5, 0.6) is 0 Å². The molecule has 4 aromatic rings. The number of thiazole rings is 1. The summed E-state index contributed by atoms with van der Waals surface area (Å²) in [5.41, 5.74) is 8.32. The molecule has 0 aliphatic carbocycles. The predicted molar refractivity (Wildman–Crippen MR) is 123 cm³/mol. The van der Waals surface area contributed by atoms with Gasteiger partial charge in [0, 0.05) is 11.6 Å². The van der Waals surface area contributed by atoms with E-state index in [0.29, 0.717) is 16.6 Å². The van der Waals surface area contributed by atoms with Gasteiger partial charge < -0.3 is 10.6 Å². The van der Waals surface area contributed by atoms with Crippen LogP contribution in [0, 0.1) is 12.7 Å². The second kappa shape index (κ2) is 7.63. The van der Waals surface area contributed by atoms with E-state index in [-0.39, 0.29) is 17.9 Å². The molecule has 0 radical (unpaired) electrons. The zero-order valence-corrected chi connectivity index (χ0v) is 19.1. The van der Waals surface area contributed by atoms with Gasteiger partial charge in [-0.3, -0.25) is 4.57 Å². The van der Waals surface area contributed by atoms with E-state index in [9.17, 15) is 4.39 Å². The van der Waals surface area contributed by atoms with E-state index in [1.54, 1.807) is 12.1 Å². The second-order valence-electron chi connectivity index (χ2n) is 8.01. The zero-order valence-electron chi connectivity index (χ0n) is 18.2. The number of aromatic nitrogens is 6. The quantitative estimate of drug-likeness (QED) is 0.487. The largest absolute Gasteiger partial charge is 0.375 e. The molecule has 1 unspecified atom stereocenters. The molecule has 3 aromatic heterocycles. The van der Waals surface area contributed by atoms with Crippen LogP contribution in [-0.2, 0) is 0 Å². The molecule has 164 valence electrons. The summed E-state index contributed by atoms with van der Waals surface area (Å²) in [6.45, 7) is 8.35. The van der Waals surface area contributed by atoms with Crippen LogP contribution in [0.25, 0.3) is 27.6 Å². The molecule has 0 bridgehead atoms. The van der Waals surface area contributed by atoms with Gasteiger partial charge in [-0.05, 0) is 51.5 Å². The van der Waals surface area contributed by atoms with Crippen LogP contribution in [0.4, 0.5) is 15.3 Å². The van der Waals surface area contributed by atoms with Crippen LogP contribution >= 0.6 is 11.3 Å². The number of nitrogen functional groups attached to an aromatic ring is 1. The first-order valence-electron chi connectivity index (χ1n) is 10.5. The van der Waals surface area contributed by atoms with E-state index in [0.717, 1.165) is 40.0 Å². The maximum atomic E-state index is 13.5. The number of anilines is 2. The predicted octanol–water partition coefficient (Wildman–Crippen LogP) is 4.56. The standard InChI is InChI=1S/C22H23FN8S/c1-5-15-21-29-28-12(4)31(21)16-10-25-19(27-20(16)30(15)11(2)3)18-17(26-22(24)32-18)13-6-8-14(23)9-7-13/h6-11,15H,5H2,1-4H3,(H2,24,26). The topological polar surface area (TPSA) is 98.6 Å². The SMILES string of the molecule is CCC1c2nnc(C)n2-c2cnc(-c3sc(N)nc3-c3ccc(F)cc3)nc2N1C(C)C. The van der Waals surface area contributed by atoms with Crippen molar-refractivity contribution in [2.45, 2.75) is 46.2 Å². The summed E-state index contributed by atoms with van der Waals surface area (Å²) in [6.07, 6.45) is 2.67. The van der Waals surface area contributed by atoms with Crippen molar-refractivity contribution in [3.8, 4) is 27.6 Å². The highest BCUT2D eigenvalue weighted by molar-refractivity contribution is 7.19. The van der Waals surface area contributed by atoms with Gasteiger partial charge in [0.05, 0.1) is 17.9 Å². The van der Waals surface area contributed by atoms with E-state index in [1.165, 1.54) is 23.5 Å². The zero-order chi connectivity index (χ0) is 22.6. The summed E-state index contributed by atoms with van der Waals surface area (Å²) in [7, 11) is 0. The minimum atomic E-state index is -0.304. The van der Waals surface area contributed by atoms with Crippen molar-refractivity contribution < 1.29 is 4.39 Å². The Morgan fingerprint density at radius 2 is 1.91 bits per heavy atom. The summed E-state index contributed by atoms with van der Waals surface area (Å²) < 4.78 is 15.5. The molecule has 10 heteroatoms. The lowest BCUT2D eigenvalue weighted by atomic mass is 10.1. The van der Waals surface area contributed by atoms with Crippen LogP contribution < -0.4 is 10.6 Å². The number of benzene rings is 1. The van der Waals surface area contributed by atoms with Gasteiger partial charge in [-0.15, -0.1) is 10.2 Å². The maximum Gasteiger partial charge on any atom is 0.181 e. The first-order chi connectivity index (χ1) is 15.4. The Morgan fingerprint density at radius 1 is 1.16 bits per heavy atom. The van der Waals surface area contributed by atoms with Gasteiger partial charge in [0.25, 0.3) is 0 Å². The third kappa shape index (κ3) is 3.13. The highest BCUT2D eigenvalue weighted by Crippen LogP contribution is 2.42.